The Balaban J connectivity index is 1.30. The number of methoxy groups -OCH3 is 1. The molecule has 1 N–H and O–H groups in total. The lowest BCUT2D eigenvalue weighted by atomic mass is 10.0. The molecule has 1 atom stereocenters. The number of likely N-dealkylation sites (tertiary alicyclic amines) is 2. The van der Waals surface area contributed by atoms with Gasteiger partial charge in [-0.3, -0.25) is 24.2 Å². The first kappa shape index (κ1) is 22.0. The van der Waals surface area contributed by atoms with Gasteiger partial charge in [-0.2, -0.15) is 0 Å². The van der Waals surface area contributed by atoms with Crippen LogP contribution in [0.15, 0.2) is 48.5 Å². The summed E-state index contributed by atoms with van der Waals surface area (Å²) in [7, 11) is 1.59. The van der Waals surface area contributed by atoms with E-state index in [-0.39, 0.29) is 42.5 Å². The smallest absolute Gasteiger partial charge is 0.251 e. The standard InChI is InChI=1S/C24H26FN3O4/c1-32-20-8-2-16(3-9-20)15-28-22(29)14-21(24(28)31)27-12-10-19(11-13-27)26-23(30)17-4-6-18(25)7-5-17/h2-9,19,21H,10-15H2,1H3,(H,26,30). The highest BCUT2D eigenvalue weighted by atomic mass is 19.1. The molecule has 2 aliphatic heterocycles. The van der Waals surface area contributed by atoms with E-state index in [1.54, 1.807) is 7.11 Å². The number of piperidine rings is 1. The van der Waals surface area contributed by atoms with Crippen LogP contribution in [0, 0.1) is 5.82 Å². The number of imide groups is 1. The molecule has 4 rings (SSSR count). The van der Waals surface area contributed by atoms with Crippen molar-refractivity contribution in [1.82, 2.24) is 15.1 Å². The van der Waals surface area contributed by atoms with Gasteiger partial charge in [-0.1, -0.05) is 12.1 Å². The molecule has 2 fully saturated rings. The Bertz CT molecular complexity index is 985. The van der Waals surface area contributed by atoms with Gasteiger partial charge in [-0.05, 0) is 54.8 Å². The number of ether oxygens (including phenoxy) is 1. The fourth-order valence-corrected chi connectivity index (χ4v) is 4.26. The third-order valence-electron chi connectivity index (χ3n) is 6.13. The Kier molecular flexibility index (Phi) is 6.50. The maximum Gasteiger partial charge on any atom is 0.251 e. The number of carbonyl (C=O) groups excluding carboxylic acids is 3. The zero-order chi connectivity index (χ0) is 22.7. The van der Waals surface area contributed by atoms with E-state index in [1.165, 1.54) is 29.2 Å². The van der Waals surface area contributed by atoms with E-state index in [2.05, 4.69) is 5.32 Å². The van der Waals surface area contributed by atoms with Crippen LogP contribution in [-0.4, -0.2) is 59.8 Å². The molecule has 8 heteroatoms. The highest BCUT2D eigenvalue weighted by Crippen LogP contribution is 2.25. The molecule has 2 aromatic carbocycles. The minimum Gasteiger partial charge on any atom is -0.497 e. The van der Waals surface area contributed by atoms with Crippen LogP contribution < -0.4 is 10.1 Å². The van der Waals surface area contributed by atoms with Gasteiger partial charge in [-0.15, -0.1) is 0 Å². The molecule has 0 saturated carbocycles. The van der Waals surface area contributed by atoms with Crippen molar-refractivity contribution >= 4 is 17.7 Å². The van der Waals surface area contributed by atoms with Crippen LogP contribution in [0.25, 0.3) is 0 Å². The highest BCUT2D eigenvalue weighted by Gasteiger charge is 2.42. The zero-order valence-corrected chi connectivity index (χ0v) is 17.9. The minimum atomic E-state index is -0.450. The van der Waals surface area contributed by atoms with Gasteiger partial charge in [0.1, 0.15) is 11.6 Å². The summed E-state index contributed by atoms with van der Waals surface area (Å²) >= 11 is 0. The number of benzene rings is 2. The van der Waals surface area contributed by atoms with Gasteiger partial charge in [0.15, 0.2) is 0 Å². The molecule has 2 heterocycles. The van der Waals surface area contributed by atoms with E-state index >= 15 is 0 Å². The van der Waals surface area contributed by atoms with E-state index in [9.17, 15) is 18.8 Å². The topological polar surface area (TPSA) is 79.0 Å². The maximum absolute atomic E-state index is 13.0. The van der Waals surface area contributed by atoms with Crippen molar-refractivity contribution in [3.05, 3.63) is 65.5 Å². The Morgan fingerprint density at radius 3 is 2.34 bits per heavy atom. The third kappa shape index (κ3) is 4.80. The molecule has 0 bridgehead atoms. The fraction of sp³-hybridized carbons (Fsp3) is 0.375. The van der Waals surface area contributed by atoms with Crippen molar-refractivity contribution in [3.8, 4) is 5.75 Å². The van der Waals surface area contributed by atoms with Crippen molar-refractivity contribution in [1.29, 1.82) is 0 Å². The molecular weight excluding hydrogens is 413 g/mol. The fourth-order valence-electron chi connectivity index (χ4n) is 4.26. The molecule has 7 nitrogen and oxygen atoms in total. The second-order valence-corrected chi connectivity index (χ2v) is 8.18. The average Bonchev–Trinajstić information content (AvgIpc) is 3.09. The molecule has 2 aromatic rings. The van der Waals surface area contributed by atoms with Crippen molar-refractivity contribution < 1.29 is 23.5 Å². The predicted octanol–water partition coefficient (Wildman–Crippen LogP) is 2.36. The SMILES string of the molecule is COc1ccc(CN2C(=O)CC(N3CCC(NC(=O)c4ccc(F)cc4)CC3)C2=O)cc1. The Labute approximate surface area is 186 Å². The first-order chi connectivity index (χ1) is 15.4. The van der Waals surface area contributed by atoms with Gasteiger partial charge in [0.2, 0.25) is 11.8 Å². The predicted molar refractivity (Wildman–Crippen MR) is 115 cm³/mol. The molecule has 3 amide bonds. The van der Waals surface area contributed by atoms with E-state index in [4.69, 9.17) is 4.74 Å². The van der Waals surface area contributed by atoms with Gasteiger partial charge < -0.3 is 10.1 Å². The van der Waals surface area contributed by atoms with Gasteiger partial charge >= 0.3 is 0 Å². The molecule has 168 valence electrons. The number of nitrogens with zero attached hydrogens (tertiary/aromatic N) is 2. The van der Waals surface area contributed by atoms with E-state index in [1.807, 2.05) is 29.2 Å². The van der Waals surface area contributed by atoms with Crippen molar-refractivity contribution in [2.24, 2.45) is 0 Å². The molecule has 0 radical (unpaired) electrons. The summed E-state index contributed by atoms with van der Waals surface area (Å²) in [5.74, 6) is -0.227. The van der Waals surface area contributed by atoms with Gasteiger partial charge in [0.05, 0.1) is 26.1 Å². The van der Waals surface area contributed by atoms with Crippen molar-refractivity contribution in [2.45, 2.75) is 37.9 Å². The Morgan fingerprint density at radius 1 is 1.06 bits per heavy atom. The van der Waals surface area contributed by atoms with E-state index in [0.717, 1.165) is 11.3 Å². The number of rotatable bonds is 6. The Morgan fingerprint density at radius 2 is 1.72 bits per heavy atom. The lowest BCUT2D eigenvalue weighted by Crippen LogP contribution is -2.50. The maximum atomic E-state index is 13.0. The third-order valence-corrected chi connectivity index (χ3v) is 6.13. The second-order valence-electron chi connectivity index (χ2n) is 8.18. The summed E-state index contributed by atoms with van der Waals surface area (Å²) in [6.07, 6.45) is 1.55. The first-order valence-electron chi connectivity index (χ1n) is 10.7. The number of hydrogen-bond acceptors (Lipinski definition) is 5. The summed E-state index contributed by atoms with van der Waals surface area (Å²) in [6.45, 7) is 1.49. The van der Waals surface area contributed by atoms with Gasteiger partial charge in [0.25, 0.3) is 5.91 Å². The molecular formula is C24H26FN3O4. The van der Waals surface area contributed by atoms with E-state index < -0.39 is 6.04 Å². The van der Waals surface area contributed by atoms with Crippen LogP contribution in [0.3, 0.4) is 0 Å². The summed E-state index contributed by atoms with van der Waals surface area (Å²) in [5.41, 5.74) is 1.29. The molecule has 0 spiro atoms. The molecule has 2 saturated heterocycles. The summed E-state index contributed by atoms with van der Waals surface area (Å²) in [6, 6.07) is 12.3. The summed E-state index contributed by atoms with van der Waals surface area (Å²) in [5, 5.41) is 2.98. The van der Waals surface area contributed by atoms with Crippen LogP contribution >= 0.6 is 0 Å². The normalized spacial score (nSPS) is 19.9. The van der Waals surface area contributed by atoms with Crippen molar-refractivity contribution in [3.63, 3.8) is 0 Å². The number of amides is 3. The van der Waals surface area contributed by atoms with Crippen LogP contribution in [0.1, 0.15) is 35.2 Å². The number of carbonyl (C=O) groups is 3. The van der Waals surface area contributed by atoms with Gasteiger partial charge in [-0.25, -0.2) is 4.39 Å². The molecule has 0 aromatic heterocycles. The summed E-state index contributed by atoms with van der Waals surface area (Å²) < 4.78 is 18.2. The lowest BCUT2D eigenvalue weighted by Gasteiger charge is -2.35. The quantitative estimate of drug-likeness (QED) is 0.699. The number of nitrogens with one attached hydrogen (secondary N) is 1. The van der Waals surface area contributed by atoms with Crippen molar-refractivity contribution in [2.75, 3.05) is 20.2 Å². The monoisotopic (exact) mass is 439 g/mol. The van der Waals surface area contributed by atoms with Crippen LogP contribution in [0.2, 0.25) is 0 Å². The highest BCUT2D eigenvalue weighted by molar-refractivity contribution is 6.05. The summed E-state index contributed by atoms with van der Waals surface area (Å²) in [4.78, 5) is 41.2. The first-order valence-corrected chi connectivity index (χ1v) is 10.7. The Hall–Kier alpha value is -3.26. The minimum absolute atomic E-state index is 0.0218. The second kappa shape index (κ2) is 9.48. The lowest BCUT2D eigenvalue weighted by molar-refractivity contribution is -0.140. The van der Waals surface area contributed by atoms with Gasteiger partial charge in [0, 0.05) is 24.7 Å². The molecule has 1 unspecified atom stereocenters. The van der Waals surface area contributed by atoms with Crippen LogP contribution in [0.5, 0.6) is 5.75 Å². The van der Waals surface area contributed by atoms with Crippen LogP contribution in [0.4, 0.5) is 4.39 Å². The zero-order valence-electron chi connectivity index (χ0n) is 17.9. The van der Waals surface area contributed by atoms with Crippen LogP contribution in [-0.2, 0) is 16.1 Å². The largest absolute Gasteiger partial charge is 0.497 e. The number of hydrogen-bond donors (Lipinski definition) is 1. The average molecular weight is 439 g/mol. The molecule has 32 heavy (non-hydrogen) atoms. The molecule has 0 aliphatic carbocycles. The van der Waals surface area contributed by atoms with E-state index in [0.29, 0.717) is 31.5 Å². The molecule has 2 aliphatic rings. The number of halogens is 1.